The number of hydrogen-bond donors (Lipinski definition) is 3. The molecule has 0 fully saturated rings. The van der Waals surface area contributed by atoms with E-state index in [1.54, 1.807) is 0 Å². The van der Waals surface area contributed by atoms with Crippen LogP contribution in [0, 0.1) is 0 Å². The molecule has 1 amide bonds. The monoisotopic (exact) mass is 370 g/mol. The summed E-state index contributed by atoms with van der Waals surface area (Å²) in [5.41, 5.74) is 8.68. The number of fused-ring (bicyclic) bond motifs is 1. The van der Waals surface area contributed by atoms with E-state index in [1.807, 2.05) is 38.1 Å². The number of carbonyl (C=O) groups is 1. The number of nitrogens with two attached hydrogens (primary N) is 1. The Morgan fingerprint density at radius 1 is 1.22 bits per heavy atom. The molecule has 0 aliphatic heterocycles. The molecule has 0 spiro atoms. The molecule has 0 radical (unpaired) electrons. The van der Waals surface area contributed by atoms with Gasteiger partial charge in [0.1, 0.15) is 13.2 Å². The zero-order valence-corrected chi connectivity index (χ0v) is 15.2. The van der Waals surface area contributed by atoms with Crippen molar-refractivity contribution in [2.24, 2.45) is 0 Å². The Morgan fingerprint density at radius 3 is 2.70 bits per heavy atom. The molecular weight excluding hydrogens is 348 g/mol. The van der Waals surface area contributed by atoms with Gasteiger partial charge in [-0.3, -0.25) is 4.79 Å². The van der Waals surface area contributed by atoms with Gasteiger partial charge in [0, 0.05) is 6.54 Å². The zero-order chi connectivity index (χ0) is 19.2. The van der Waals surface area contributed by atoms with Gasteiger partial charge in [-0.1, -0.05) is 24.3 Å². The molecule has 2 heterocycles. The van der Waals surface area contributed by atoms with Gasteiger partial charge in [0.25, 0.3) is 0 Å². The Hall–Kier alpha value is -3.20. The fraction of sp³-hybridized carbons (Fsp3) is 0.333. The van der Waals surface area contributed by atoms with E-state index >= 15 is 0 Å². The standard InChI is InChI=1S/C18H22N6O3/c1-11(2)26-9-14(25)20-7-12-3-5-13(6-4-12)8-27-17-15-16(22-10-21-15)23-18(19)24-17/h3-6,10-11H,7-9H2,1-2H3,(H,20,25)(H3,19,21,22,23,24). The number of benzene rings is 1. The lowest BCUT2D eigenvalue weighted by molar-refractivity contribution is -0.127. The molecule has 0 unspecified atom stereocenters. The van der Waals surface area contributed by atoms with Gasteiger partial charge in [-0.25, -0.2) is 4.98 Å². The van der Waals surface area contributed by atoms with Crippen molar-refractivity contribution >= 4 is 23.0 Å². The lowest BCUT2D eigenvalue weighted by Crippen LogP contribution is -2.28. The number of imidazole rings is 1. The number of hydrogen-bond acceptors (Lipinski definition) is 7. The Bertz CT molecular complexity index is 907. The van der Waals surface area contributed by atoms with Gasteiger partial charge < -0.3 is 25.5 Å². The van der Waals surface area contributed by atoms with E-state index < -0.39 is 0 Å². The maximum atomic E-state index is 11.7. The third-order valence-corrected chi connectivity index (χ3v) is 3.70. The van der Waals surface area contributed by atoms with E-state index in [1.165, 1.54) is 6.33 Å². The van der Waals surface area contributed by atoms with E-state index in [0.29, 0.717) is 30.2 Å². The van der Waals surface area contributed by atoms with Gasteiger partial charge in [0.05, 0.1) is 12.4 Å². The lowest BCUT2D eigenvalue weighted by Gasteiger charge is -2.09. The van der Waals surface area contributed by atoms with Gasteiger partial charge in [-0.2, -0.15) is 9.97 Å². The summed E-state index contributed by atoms with van der Waals surface area (Å²) >= 11 is 0. The molecule has 3 aromatic rings. The van der Waals surface area contributed by atoms with Gasteiger partial charge in [0.15, 0.2) is 11.2 Å². The Labute approximate surface area is 156 Å². The fourth-order valence-corrected chi connectivity index (χ4v) is 2.33. The number of nitrogens with one attached hydrogen (secondary N) is 2. The van der Waals surface area contributed by atoms with Crippen LogP contribution in [0.1, 0.15) is 25.0 Å². The summed E-state index contributed by atoms with van der Waals surface area (Å²) in [7, 11) is 0. The van der Waals surface area contributed by atoms with Gasteiger partial charge in [-0.05, 0) is 25.0 Å². The number of amides is 1. The normalized spacial score (nSPS) is 11.1. The molecule has 0 atom stereocenters. The molecular formula is C18H22N6O3. The van der Waals surface area contributed by atoms with Crippen molar-refractivity contribution < 1.29 is 14.3 Å². The highest BCUT2D eigenvalue weighted by molar-refractivity contribution is 5.77. The van der Waals surface area contributed by atoms with Crippen LogP contribution < -0.4 is 15.8 Å². The lowest BCUT2D eigenvalue weighted by atomic mass is 10.1. The summed E-state index contributed by atoms with van der Waals surface area (Å²) in [6.07, 6.45) is 1.55. The highest BCUT2D eigenvalue weighted by Crippen LogP contribution is 2.20. The molecule has 9 nitrogen and oxygen atoms in total. The summed E-state index contributed by atoms with van der Waals surface area (Å²) in [4.78, 5) is 26.8. The van der Waals surface area contributed by atoms with E-state index in [2.05, 4.69) is 25.3 Å². The molecule has 0 aliphatic carbocycles. The third kappa shape index (κ3) is 5.14. The topological polar surface area (TPSA) is 128 Å². The highest BCUT2D eigenvalue weighted by Gasteiger charge is 2.10. The number of aromatic nitrogens is 4. The van der Waals surface area contributed by atoms with Crippen LogP contribution in [0.15, 0.2) is 30.6 Å². The van der Waals surface area contributed by atoms with Crippen molar-refractivity contribution in [1.29, 1.82) is 0 Å². The summed E-state index contributed by atoms with van der Waals surface area (Å²) in [6, 6.07) is 7.72. The van der Waals surface area contributed by atoms with Gasteiger partial charge in [0.2, 0.25) is 17.7 Å². The molecule has 2 aromatic heterocycles. The molecule has 142 valence electrons. The molecule has 1 aromatic carbocycles. The minimum Gasteiger partial charge on any atom is -0.471 e. The molecule has 0 aliphatic rings. The van der Waals surface area contributed by atoms with Crippen molar-refractivity contribution in [1.82, 2.24) is 25.3 Å². The molecule has 0 bridgehead atoms. The van der Waals surface area contributed by atoms with Crippen molar-refractivity contribution in [2.75, 3.05) is 12.3 Å². The van der Waals surface area contributed by atoms with Crippen LogP contribution in [0.3, 0.4) is 0 Å². The van der Waals surface area contributed by atoms with Crippen LogP contribution >= 0.6 is 0 Å². The van der Waals surface area contributed by atoms with Crippen molar-refractivity contribution in [3.63, 3.8) is 0 Å². The second-order valence-corrected chi connectivity index (χ2v) is 6.23. The average molecular weight is 370 g/mol. The second kappa shape index (κ2) is 8.45. The summed E-state index contributed by atoms with van der Waals surface area (Å²) < 4.78 is 11.0. The quantitative estimate of drug-likeness (QED) is 0.549. The Morgan fingerprint density at radius 2 is 1.96 bits per heavy atom. The van der Waals surface area contributed by atoms with Crippen molar-refractivity contribution in [3.05, 3.63) is 41.7 Å². The second-order valence-electron chi connectivity index (χ2n) is 6.23. The molecule has 0 saturated heterocycles. The first-order valence-electron chi connectivity index (χ1n) is 8.57. The Kier molecular flexibility index (Phi) is 5.82. The number of ether oxygens (including phenoxy) is 2. The third-order valence-electron chi connectivity index (χ3n) is 3.70. The van der Waals surface area contributed by atoms with Crippen LogP contribution in [0.25, 0.3) is 11.2 Å². The van der Waals surface area contributed by atoms with Crippen LogP contribution in [-0.4, -0.2) is 38.6 Å². The molecule has 0 saturated carbocycles. The molecule has 27 heavy (non-hydrogen) atoms. The molecule has 3 rings (SSSR count). The summed E-state index contributed by atoms with van der Waals surface area (Å²) in [6.45, 7) is 4.60. The average Bonchev–Trinajstić information content (AvgIpc) is 3.12. The largest absolute Gasteiger partial charge is 0.471 e. The Balaban J connectivity index is 1.53. The van der Waals surface area contributed by atoms with Crippen molar-refractivity contribution in [3.8, 4) is 5.88 Å². The number of nitrogen functional groups attached to an aromatic ring is 1. The predicted octanol–water partition coefficient (Wildman–Crippen LogP) is 1.56. The first-order valence-corrected chi connectivity index (χ1v) is 8.57. The highest BCUT2D eigenvalue weighted by atomic mass is 16.5. The summed E-state index contributed by atoms with van der Waals surface area (Å²) in [5, 5.41) is 2.82. The molecule has 4 N–H and O–H groups in total. The summed E-state index contributed by atoms with van der Waals surface area (Å²) in [5.74, 6) is 0.315. The number of nitrogens with zero attached hydrogens (tertiary/aromatic N) is 3. The number of rotatable bonds is 8. The number of H-pyrrole nitrogens is 1. The van der Waals surface area contributed by atoms with E-state index in [9.17, 15) is 4.79 Å². The van der Waals surface area contributed by atoms with Crippen LogP contribution in [0.2, 0.25) is 0 Å². The number of carbonyl (C=O) groups excluding carboxylic acids is 1. The number of aromatic amines is 1. The minimum atomic E-state index is -0.138. The first-order chi connectivity index (χ1) is 13.0. The van der Waals surface area contributed by atoms with E-state index in [0.717, 1.165) is 11.1 Å². The maximum absolute atomic E-state index is 11.7. The predicted molar refractivity (Wildman–Crippen MR) is 99.8 cm³/mol. The fourth-order valence-electron chi connectivity index (χ4n) is 2.33. The SMILES string of the molecule is CC(C)OCC(=O)NCc1ccc(COc2nc(N)nc3[nH]cnc23)cc1. The minimum absolute atomic E-state index is 0.0305. The zero-order valence-electron chi connectivity index (χ0n) is 15.2. The van der Waals surface area contributed by atoms with Crippen LogP contribution in [0.4, 0.5) is 5.95 Å². The smallest absolute Gasteiger partial charge is 0.247 e. The van der Waals surface area contributed by atoms with Crippen LogP contribution in [-0.2, 0) is 22.7 Å². The van der Waals surface area contributed by atoms with Gasteiger partial charge in [-0.15, -0.1) is 0 Å². The molecule has 9 heteroatoms. The van der Waals surface area contributed by atoms with Gasteiger partial charge >= 0.3 is 0 Å². The maximum Gasteiger partial charge on any atom is 0.247 e. The van der Waals surface area contributed by atoms with Crippen molar-refractivity contribution in [2.45, 2.75) is 33.1 Å². The number of anilines is 1. The van der Waals surface area contributed by atoms with E-state index in [-0.39, 0.29) is 24.6 Å². The van der Waals surface area contributed by atoms with E-state index in [4.69, 9.17) is 15.2 Å². The van der Waals surface area contributed by atoms with Crippen LogP contribution in [0.5, 0.6) is 5.88 Å². The first kappa shape index (κ1) is 18.6.